The van der Waals surface area contributed by atoms with Gasteiger partial charge >= 0.3 is 0 Å². The van der Waals surface area contributed by atoms with E-state index in [9.17, 15) is 0 Å². The first-order chi connectivity index (χ1) is 7.15. The van der Waals surface area contributed by atoms with Crippen LogP contribution >= 0.6 is 0 Å². The molecule has 0 aromatic rings. The van der Waals surface area contributed by atoms with Gasteiger partial charge in [0.15, 0.2) is 0 Å². The van der Waals surface area contributed by atoms with Crippen molar-refractivity contribution < 1.29 is 4.74 Å². The summed E-state index contributed by atoms with van der Waals surface area (Å²) < 4.78 is 5.17. The fraction of sp³-hybridized carbons (Fsp3) is 1.00. The van der Waals surface area contributed by atoms with Crippen LogP contribution in [0.1, 0.15) is 33.1 Å². The molecule has 1 fully saturated rings. The van der Waals surface area contributed by atoms with Gasteiger partial charge in [-0.1, -0.05) is 0 Å². The minimum atomic E-state index is 0.505. The second-order valence-electron chi connectivity index (χ2n) is 4.84. The molecule has 1 saturated carbocycles. The van der Waals surface area contributed by atoms with Gasteiger partial charge in [0, 0.05) is 25.2 Å². The van der Waals surface area contributed by atoms with Crippen molar-refractivity contribution in [1.82, 2.24) is 10.2 Å². The number of hydrogen-bond acceptors (Lipinski definition) is 3. The van der Waals surface area contributed by atoms with Crippen molar-refractivity contribution in [3.05, 3.63) is 0 Å². The maximum Gasteiger partial charge on any atom is 0.0615 e. The van der Waals surface area contributed by atoms with Gasteiger partial charge in [0.2, 0.25) is 0 Å². The van der Waals surface area contributed by atoms with E-state index in [1.807, 2.05) is 0 Å². The van der Waals surface area contributed by atoms with Crippen LogP contribution in [0, 0.1) is 0 Å². The molecule has 1 N–H and O–H groups in total. The molecule has 3 nitrogen and oxygen atoms in total. The Hall–Kier alpha value is -0.120. The Labute approximate surface area is 94.2 Å². The summed E-state index contributed by atoms with van der Waals surface area (Å²) in [5.41, 5.74) is 0. The van der Waals surface area contributed by atoms with Crippen LogP contribution in [0.2, 0.25) is 0 Å². The van der Waals surface area contributed by atoms with Crippen molar-refractivity contribution in [3.8, 4) is 0 Å². The highest BCUT2D eigenvalue weighted by molar-refractivity contribution is 4.81. The molecule has 0 aromatic carbocycles. The topological polar surface area (TPSA) is 24.5 Å². The lowest BCUT2D eigenvalue weighted by Crippen LogP contribution is -2.40. The number of rotatable bonds is 8. The zero-order chi connectivity index (χ0) is 11.3. The van der Waals surface area contributed by atoms with Crippen LogP contribution in [0.5, 0.6) is 0 Å². The molecule has 3 heteroatoms. The third-order valence-corrected chi connectivity index (χ3v) is 3.37. The van der Waals surface area contributed by atoms with Gasteiger partial charge in [-0.25, -0.2) is 0 Å². The predicted octanol–water partition coefficient (Wildman–Crippen LogP) is 1.48. The molecule has 0 saturated heterocycles. The highest BCUT2D eigenvalue weighted by Crippen LogP contribution is 2.18. The van der Waals surface area contributed by atoms with Crippen LogP contribution in [0.25, 0.3) is 0 Å². The van der Waals surface area contributed by atoms with Gasteiger partial charge in [0.25, 0.3) is 0 Å². The third-order valence-electron chi connectivity index (χ3n) is 3.37. The standard InChI is InChI=1S/C12H26N2O/c1-10(7-8-13-12-5-6-12)14(3)11(2)9-15-4/h10-13H,5-9H2,1-4H3. The number of hydrogen-bond donors (Lipinski definition) is 1. The Morgan fingerprint density at radius 2 is 2.00 bits per heavy atom. The Balaban J connectivity index is 2.09. The SMILES string of the molecule is COCC(C)N(C)C(C)CCNC1CC1. The van der Waals surface area contributed by atoms with E-state index >= 15 is 0 Å². The zero-order valence-electron chi connectivity index (χ0n) is 10.6. The maximum atomic E-state index is 5.17. The first kappa shape index (κ1) is 12.9. The molecule has 0 spiro atoms. The highest BCUT2D eigenvalue weighted by atomic mass is 16.5. The zero-order valence-corrected chi connectivity index (χ0v) is 10.6. The summed E-state index contributed by atoms with van der Waals surface area (Å²) in [7, 11) is 3.95. The van der Waals surface area contributed by atoms with Crippen molar-refractivity contribution in [2.75, 3.05) is 27.3 Å². The molecule has 15 heavy (non-hydrogen) atoms. The van der Waals surface area contributed by atoms with E-state index in [-0.39, 0.29) is 0 Å². The fourth-order valence-corrected chi connectivity index (χ4v) is 1.78. The Morgan fingerprint density at radius 1 is 1.33 bits per heavy atom. The fourth-order valence-electron chi connectivity index (χ4n) is 1.78. The van der Waals surface area contributed by atoms with E-state index < -0.39 is 0 Å². The quantitative estimate of drug-likeness (QED) is 0.662. The molecule has 1 rings (SSSR count). The van der Waals surface area contributed by atoms with E-state index in [1.54, 1.807) is 7.11 Å². The van der Waals surface area contributed by atoms with E-state index in [0.717, 1.165) is 19.2 Å². The summed E-state index contributed by atoms with van der Waals surface area (Å²) in [6, 6.07) is 1.96. The van der Waals surface area contributed by atoms with Crippen LogP contribution in [0.4, 0.5) is 0 Å². The second kappa shape index (κ2) is 6.46. The third kappa shape index (κ3) is 4.96. The van der Waals surface area contributed by atoms with Crippen LogP contribution in [-0.2, 0) is 4.74 Å². The molecule has 2 unspecified atom stereocenters. The van der Waals surface area contributed by atoms with E-state index in [1.165, 1.54) is 19.3 Å². The van der Waals surface area contributed by atoms with E-state index in [2.05, 4.69) is 31.1 Å². The number of nitrogens with one attached hydrogen (secondary N) is 1. The molecule has 0 bridgehead atoms. The van der Waals surface area contributed by atoms with Crippen LogP contribution in [0.3, 0.4) is 0 Å². The number of ether oxygens (including phenoxy) is 1. The average molecular weight is 214 g/mol. The molecule has 0 aromatic heterocycles. The van der Waals surface area contributed by atoms with Crippen LogP contribution in [-0.4, -0.2) is 50.3 Å². The smallest absolute Gasteiger partial charge is 0.0615 e. The van der Waals surface area contributed by atoms with E-state index in [0.29, 0.717) is 12.1 Å². The molecule has 1 aliphatic carbocycles. The van der Waals surface area contributed by atoms with Gasteiger partial charge < -0.3 is 10.1 Å². The molecular weight excluding hydrogens is 188 g/mol. The number of likely N-dealkylation sites (N-methyl/N-ethyl adjacent to an activating group) is 1. The summed E-state index contributed by atoms with van der Waals surface area (Å²) in [4.78, 5) is 2.40. The van der Waals surface area contributed by atoms with Crippen molar-refractivity contribution in [2.45, 2.75) is 51.2 Å². The van der Waals surface area contributed by atoms with Crippen LogP contribution < -0.4 is 5.32 Å². The molecule has 0 aliphatic heterocycles. The van der Waals surface area contributed by atoms with Crippen molar-refractivity contribution in [2.24, 2.45) is 0 Å². The van der Waals surface area contributed by atoms with Crippen molar-refractivity contribution in [1.29, 1.82) is 0 Å². The first-order valence-corrected chi connectivity index (χ1v) is 6.09. The summed E-state index contributed by atoms with van der Waals surface area (Å²) >= 11 is 0. The number of nitrogens with zero attached hydrogens (tertiary/aromatic N) is 1. The van der Waals surface area contributed by atoms with Gasteiger partial charge in [-0.3, -0.25) is 4.90 Å². The molecule has 90 valence electrons. The summed E-state index contributed by atoms with van der Waals surface area (Å²) in [5.74, 6) is 0. The summed E-state index contributed by atoms with van der Waals surface area (Å²) in [6.07, 6.45) is 3.98. The Bertz CT molecular complexity index is 171. The Morgan fingerprint density at radius 3 is 2.53 bits per heavy atom. The van der Waals surface area contributed by atoms with E-state index in [4.69, 9.17) is 4.74 Å². The number of methoxy groups -OCH3 is 1. The summed E-state index contributed by atoms with van der Waals surface area (Å²) in [5, 5.41) is 3.56. The highest BCUT2D eigenvalue weighted by Gasteiger charge is 2.21. The minimum absolute atomic E-state index is 0.505. The molecule has 1 aliphatic rings. The van der Waals surface area contributed by atoms with Gasteiger partial charge in [-0.2, -0.15) is 0 Å². The van der Waals surface area contributed by atoms with Crippen molar-refractivity contribution in [3.63, 3.8) is 0 Å². The largest absolute Gasteiger partial charge is 0.383 e. The second-order valence-corrected chi connectivity index (χ2v) is 4.84. The molecule has 2 atom stereocenters. The monoisotopic (exact) mass is 214 g/mol. The lowest BCUT2D eigenvalue weighted by Gasteiger charge is -2.30. The van der Waals surface area contributed by atoms with Gasteiger partial charge in [0.1, 0.15) is 0 Å². The van der Waals surface area contributed by atoms with Gasteiger partial charge in [0.05, 0.1) is 6.61 Å². The molecule has 0 amide bonds. The predicted molar refractivity (Wildman–Crippen MR) is 64.2 cm³/mol. The average Bonchev–Trinajstić information content (AvgIpc) is 3.00. The Kier molecular flexibility index (Phi) is 5.58. The molecule has 0 heterocycles. The van der Waals surface area contributed by atoms with Gasteiger partial charge in [-0.05, 0) is 46.7 Å². The summed E-state index contributed by atoms with van der Waals surface area (Å²) in [6.45, 7) is 6.47. The lowest BCUT2D eigenvalue weighted by molar-refractivity contribution is 0.0913. The van der Waals surface area contributed by atoms with Gasteiger partial charge in [-0.15, -0.1) is 0 Å². The molecular formula is C12H26N2O. The first-order valence-electron chi connectivity index (χ1n) is 6.09. The lowest BCUT2D eigenvalue weighted by atomic mass is 10.1. The maximum absolute atomic E-state index is 5.17. The van der Waals surface area contributed by atoms with Crippen LogP contribution in [0.15, 0.2) is 0 Å². The molecule has 0 radical (unpaired) electrons. The normalized spacial score (nSPS) is 20.6. The van der Waals surface area contributed by atoms with Crippen molar-refractivity contribution >= 4 is 0 Å². The minimum Gasteiger partial charge on any atom is -0.383 e.